The minimum atomic E-state index is -0.180. The Balaban J connectivity index is 1.84. The number of rotatable bonds is 4. The molecular formula is C21H17NO. The molecule has 112 valence electrons. The highest BCUT2D eigenvalue weighted by Crippen LogP contribution is 2.19. The van der Waals surface area contributed by atoms with Gasteiger partial charge in [-0.3, -0.25) is 4.79 Å². The molecule has 0 heterocycles. The quantitative estimate of drug-likeness (QED) is 0.714. The van der Waals surface area contributed by atoms with Gasteiger partial charge in [-0.25, -0.2) is 0 Å². The van der Waals surface area contributed by atoms with Crippen LogP contribution in [0.4, 0.5) is 0 Å². The van der Waals surface area contributed by atoms with E-state index in [4.69, 9.17) is 6.42 Å². The number of nitrogens with one attached hydrogen (secondary N) is 1. The van der Waals surface area contributed by atoms with Crippen LogP contribution in [0.1, 0.15) is 28.4 Å². The molecule has 1 amide bonds. The summed E-state index contributed by atoms with van der Waals surface area (Å²) < 4.78 is 0. The van der Waals surface area contributed by atoms with Crippen molar-refractivity contribution in [2.45, 2.75) is 12.5 Å². The van der Waals surface area contributed by atoms with Gasteiger partial charge < -0.3 is 5.32 Å². The fraction of sp³-hybridized carbons (Fsp3) is 0.0952. The van der Waals surface area contributed by atoms with Gasteiger partial charge in [-0.2, -0.15) is 0 Å². The van der Waals surface area contributed by atoms with Crippen molar-refractivity contribution < 1.29 is 4.79 Å². The van der Waals surface area contributed by atoms with Gasteiger partial charge >= 0.3 is 0 Å². The summed E-state index contributed by atoms with van der Waals surface area (Å²) in [5.74, 6) is 2.53. The Labute approximate surface area is 136 Å². The van der Waals surface area contributed by atoms with Crippen LogP contribution in [0.3, 0.4) is 0 Å². The minimum Gasteiger partial charge on any atom is -0.344 e. The second-order valence-electron chi connectivity index (χ2n) is 5.41. The molecule has 1 N–H and O–H groups in total. The highest BCUT2D eigenvalue weighted by Gasteiger charge is 2.15. The van der Waals surface area contributed by atoms with E-state index in [1.807, 2.05) is 72.8 Å². The molecule has 0 saturated carbocycles. The lowest BCUT2D eigenvalue weighted by molar-refractivity contribution is 0.0937. The molecule has 0 unspecified atom stereocenters. The Kier molecular flexibility index (Phi) is 4.40. The van der Waals surface area contributed by atoms with Crippen molar-refractivity contribution in [2.75, 3.05) is 0 Å². The maximum atomic E-state index is 12.6. The van der Waals surface area contributed by atoms with Gasteiger partial charge in [0.25, 0.3) is 5.91 Å². The molecule has 0 aromatic heterocycles. The van der Waals surface area contributed by atoms with Gasteiger partial charge in [0.05, 0.1) is 6.04 Å². The average molecular weight is 299 g/mol. The summed E-state index contributed by atoms with van der Waals surface area (Å²) in [7, 11) is 0. The highest BCUT2D eigenvalue weighted by atomic mass is 16.1. The normalized spacial score (nSPS) is 11.6. The molecular weight excluding hydrogens is 282 g/mol. The van der Waals surface area contributed by atoms with Crippen molar-refractivity contribution >= 4 is 16.7 Å². The molecule has 0 saturated heterocycles. The van der Waals surface area contributed by atoms with E-state index in [0.717, 1.165) is 16.3 Å². The number of hydrogen-bond acceptors (Lipinski definition) is 1. The number of hydrogen-bond donors (Lipinski definition) is 1. The number of carbonyl (C=O) groups is 1. The Bertz CT molecular complexity index is 862. The molecule has 2 heteroatoms. The molecule has 0 aliphatic heterocycles. The molecule has 0 aliphatic rings. The molecule has 23 heavy (non-hydrogen) atoms. The summed E-state index contributed by atoms with van der Waals surface area (Å²) in [5, 5.41) is 5.20. The third-order valence-corrected chi connectivity index (χ3v) is 3.84. The van der Waals surface area contributed by atoms with E-state index in [2.05, 4.69) is 11.2 Å². The maximum Gasteiger partial charge on any atom is 0.251 e. The van der Waals surface area contributed by atoms with Crippen LogP contribution in [0.2, 0.25) is 0 Å². The molecule has 2 nitrogen and oxygen atoms in total. The zero-order valence-electron chi connectivity index (χ0n) is 12.7. The second kappa shape index (κ2) is 6.81. The first kappa shape index (κ1) is 14.9. The Morgan fingerprint density at radius 3 is 2.39 bits per heavy atom. The summed E-state index contributed by atoms with van der Waals surface area (Å²) in [6.07, 6.45) is 5.92. The van der Waals surface area contributed by atoms with Crippen molar-refractivity contribution in [2.24, 2.45) is 0 Å². The number of fused-ring (bicyclic) bond motifs is 1. The number of terminal acetylenes is 1. The predicted molar refractivity (Wildman–Crippen MR) is 94.0 cm³/mol. The van der Waals surface area contributed by atoms with Crippen LogP contribution in [0.5, 0.6) is 0 Å². The second-order valence-corrected chi connectivity index (χ2v) is 5.41. The molecule has 0 aliphatic carbocycles. The number of amides is 1. The SMILES string of the molecule is C#CC[C@H](NC(=O)c1ccc2ccccc2c1)c1ccccc1. The highest BCUT2D eigenvalue weighted by molar-refractivity contribution is 5.98. The Hall–Kier alpha value is -3.05. The smallest absolute Gasteiger partial charge is 0.251 e. The fourth-order valence-electron chi connectivity index (χ4n) is 2.63. The van der Waals surface area contributed by atoms with Crippen molar-refractivity contribution in [1.82, 2.24) is 5.32 Å². The van der Waals surface area contributed by atoms with Gasteiger partial charge in [-0.05, 0) is 28.5 Å². The van der Waals surface area contributed by atoms with Crippen LogP contribution < -0.4 is 5.32 Å². The monoisotopic (exact) mass is 299 g/mol. The summed E-state index contributed by atoms with van der Waals surface area (Å²) >= 11 is 0. The third kappa shape index (κ3) is 3.41. The first-order chi connectivity index (χ1) is 11.3. The van der Waals surface area contributed by atoms with E-state index >= 15 is 0 Å². The van der Waals surface area contributed by atoms with Crippen LogP contribution in [0, 0.1) is 12.3 Å². The standard InChI is InChI=1S/C21H17NO/c1-2-8-20(17-10-4-3-5-11-17)22-21(23)19-14-13-16-9-6-7-12-18(16)15-19/h1,3-7,9-15,20H,8H2,(H,22,23)/t20-/m0/s1. The van der Waals surface area contributed by atoms with Crippen molar-refractivity contribution in [3.05, 3.63) is 83.9 Å². The summed E-state index contributed by atoms with van der Waals surface area (Å²) in [4.78, 5) is 12.6. The van der Waals surface area contributed by atoms with E-state index in [-0.39, 0.29) is 11.9 Å². The third-order valence-electron chi connectivity index (χ3n) is 3.84. The molecule has 0 spiro atoms. The fourth-order valence-corrected chi connectivity index (χ4v) is 2.63. The largest absolute Gasteiger partial charge is 0.344 e. The average Bonchev–Trinajstić information content (AvgIpc) is 2.61. The van der Waals surface area contributed by atoms with Gasteiger partial charge in [0.1, 0.15) is 0 Å². The van der Waals surface area contributed by atoms with E-state index in [1.165, 1.54) is 0 Å². The van der Waals surface area contributed by atoms with Crippen LogP contribution >= 0.6 is 0 Å². The molecule has 0 bridgehead atoms. The lowest BCUT2D eigenvalue weighted by atomic mass is 10.0. The topological polar surface area (TPSA) is 29.1 Å². The van der Waals surface area contributed by atoms with E-state index in [9.17, 15) is 4.79 Å². The van der Waals surface area contributed by atoms with E-state index in [1.54, 1.807) is 0 Å². The zero-order valence-corrected chi connectivity index (χ0v) is 12.7. The van der Waals surface area contributed by atoms with Gasteiger partial charge in [-0.1, -0.05) is 60.7 Å². The Morgan fingerprint density at radius 2 is 1.65 bits per heavy atom. The summed E-state index contributed by atoms with van der Waals surface area (Å²) in [6, 6.07) is 23.3. The van der Waals surface area contributed by atoms with Gasteiger partial charge in [-0.15, -0.1) is 12.3 Å². The van der Waals surface area contributed by atoms with Crippen LogP contribution in [0.25, 0.3) is 10.8 Å². The lowest BCUT2D eigenvalue weighted by Gasteiger charge is -2.17. The number of benzene rings is 3. The van der Waals surface area contributed by atoms with Crippen molar-refractivity contribution in [3.63, 3.8) is 0 Å². The molecule has 1 atom stereocenters. The summed E-state index contributed by atoms with van der Waals surface area (Å²) in [6.45, 7) is 0. The Morgan fingerprint density at radius 1 is 0.957 bits per heavy atom. The van der Waals surface area contributed by atoms with E-state index < -0.39 is 0 Å². The van der Waals surface area contributed by atoms with Crippen LogP contribution in [0.15, 0.2) is 72.8 Å². The molecule has 3 aromatic rings. The predicted octanol–water partition coefficient (Wildman–Crippen LogP) is 4.33. The first-order valence-electron chi connectivity index (χ1n) is 7.56. The van der Waals surface area contributed by atoms with Crippen molar-refractivity contribution in [1.29, 1.82) is 0 Å². The maximum absolute atomic E-state index is 12.6. The summed E-state index contributed by atoms with van der Waals surface area (Å²) in [5.41, 5.74) is 1.65. The van der Waals surface area contributed by atoms with Gasteiger partial charge in [0.15, 0.2) is 0 Å². The zero-order chi connectivity index (χ0) is 16.1. The van der Waals surface area contributed by atoms with Crippen LogP contribution in [-0.2, 0) is 0 Å². The number of carbonyl (C=O) groups excluding carboxylic acids is 1. The minimum absolute atomic E-state index is 0.111. The molecule has 0 fully saturated rings. The van der Waals surface area contributed by atoms with Gasteiger partial charge in [0, 0.05) is 12.0 Å². The lowest BCUT2D eigenvalue weighted by Crippen LogP contribution is -2.28. The van der Waals surface area contributed by atoms with Crippen molar-refractivity contribution in [3.8, 4) is 12.3 Å². The molecule has 3 rings (SSSR count). The van der Waals surface area contributed by atoms with Crippen LogP contribution in [-0.4, -0.2) is 5.91 Å². The first-order valence-corrected chi connectivity index (χ1v) is 7.56. The molecule has 0 radical (unpaired) electrons. The van der Waals surface area contributed by atoms with Gasteiger partial charge in [0.2, 0.25) is 0 Å². The van der Waals surface area contributed by atoms with E-state index in [0.29, 0.717) is 12.0 Å². The molecule has 3 aromatic carbocycles.